The minimum atomic E-state index is -3.75. The number of hydrogen-bond acceptors (Lipinski definition) is 4. The van der Waals surface area contributed by atoms with Crippen LogP contribution in [0.4, 0.5) is 0 Å². The molecule has 0 aliphatic heterocycles. The molecule has 0 spiro atoms. The van der Waals surface area contributed by atoms with Crippen LogP contribution in [-0.4, -0.2) is 35.1 Å². The van der Waals surface area contributed by atoms with Crippen LogP contribution in [0.1, 0.15) is 22.3 Å². The molecule has 51 heavy (non-hydrogen) atoms. The number of carbonyl (C=O) groups is 2. The Kier molecular flexibility index (Phi) is 11.9. The van der Waals surface area contributed by atoms with Gasteiger partial charge in [-0.3, -0.25) is 9.36 Å². The number of amides is 1. The summed E-state index contributed by atoms with van der Waals surface area (Å²) in [6.07, 6.45) is 0.693. The number of aryl methyl sites for hydroxylation is 1. The van der Waals surface area contributed by atoms with Crippen LogP contribution >= 0.6 is 7.37 Å². The Morgan fingerprint density at radius 2 is 1.18 bits per heavy atom. The molecule has 258 valence electrons. The molecule has 2 N–H and O–H groups in total. The van der Waals surface area contributed by atoms with Gasteiger partial charge in [0.25, 0.3) is 0 Å². The monoisotopic (exact) mass is 695 g/mol. The van der Waals surface area contributed by atoms with Crippen LogP contribution in [0.5, 0.6) is 0 Å². The molecular formula is C44H42NO5P. The second-order valence-electron chi connectivity index (χ2n) is 13.0. The molecule has 0 aliphatic rings. The van der Waals surface area contributed by atoms with E-state index in [1.165, 1.54) is 0 Å². The molecule has 0 aliphatic carbocycles. The maximum Gasteiger partial charge on any atom is 0.329 e. The van der Waals surface area contributed by atoms with Crippen LogP contribution in [0.15, 0.2) is 158 Å². The van der Waals surface area contributed by atoms with Crippen LogP contribution < -0.4 is 5.32 Å². The van der Waals surface area contributed by atoms with Crippen molar-refractivity contribution in [2.45, 2.75) is 31.9 Å². The van der Waals surface area contributed by atoms with Gasteiger partial charge in [0.05, 0.1) is 5.92 Å². The lowest BCUT2D eigenvalue weighted by molar-refractivity contribution is -0.149. The summed E-state index contributed by atoms with van der Waals surface area (Å²) in [6.45, 7) is 0.0618. The first-order valence-corrected chi connectivity index (χ1v) is 19.3. The third-order valence-electron chi connectivity index (χ3n) is 9.09. The van der Waals surface area contributed by atoms with E-state index in [0.29, 0.717) is 6.42 Å². The van der Waals surface area contributed by atoms with Gasteiger partial charge >= 0.3 is 5.97 Å². The first kappa shape index (κ1) is 35.5. The minimum Gasteiger partial charge on any atom is -0.459 e. The van der Waals surface area contributed by atoms with Gasteiger partial charge in [0.2, 0.25) is 13.3 Å². The second kappa shape index (κ2) is 17.1. The van der Waals surface area contributed by atoms with Crippen molar-refractivity contribution in [2.75, 3.05) is 12.3 Å². The zero-order valence-corrected chi connectivity index (χ0v) is 29.3. The highest BCUT2D eigenvalue weighted by Gasteiger charge is 2.32. The van der Waals surface area contributed by atoms with Crippen molar-refractivity contribution in [3.05, 3.63) is 180 Å². The van der Waals surface area contributed by atoms with Crippen LogP contribution in [0.2, 0.25) is 0 Å². The van der Waals surface area contributed by atoms with Gasteiger partial charge in [-0.25, -0.2) is 4.79 Å². The summed E-state index contributed by atoms with van der Waals surface area (Å²) in [7, 11) is -3.75. The third-order valence-corrected chi connectivity index (χ3v) is 11.0. The van der Waals surface area contributed by atoms with E-state index in [1.54, 1.807) is 0 Å². The van der Waals surface area contributed by atoms with Crippen molar-refractivity contribution in [1.29, 1.82) is 0 Å². The zero-order valence-electron chi connectivity index (χ0n) is 28.4. The van der Waals surface area contributed by atoms with E-state index in [0.717, 1.165) is 44.2 Å². The number of nitrogens with one attached hydrogen (secondary N) is 1. The van der Waals surface area contributed by atoms with Gasteiger partial charge in [-0.1, -0.05) is 158 Å². The van der Waals surface area contributed by atoms with E-state index >= 15 is 0 Å². The van der Waals surface area contributed by atoms with Crippen LogP contribution in [0.3, 0.4) is 0 Å². The number of fused-ring (bicyclic) bond motifs is 1. The van der Waals surface area contributed by atoms with Crippen LogP contribution in [-0.2, 0) is 44.8 Å². The third kappa shape index (κ3) is 10.4. The normalized spacial score (nSPS) is 13.5. The van der Waals surface area contributed by atoms with Crippen LogP contribution in [0.25, 0.3) is 21.9 Å². The van der Waals surface area contributed by atoms with E-state index < -0.39 is 31.2 Å². The van der Waals surface area contributed by atoms with Crippen molar-refractivity contribution in [2.24, 2.45) is 5.92 Å². The van der Waals surface area contributed by atoms with Gasteiger partial charge in [-0.2, -0.15) is 0 Å². The van der Waals surface area contributed by atoms with Gasteiger partial charge in [0.15, 0.2) is 0 Å². The molecular weight excluding hydrogens is 653 g/mol. The van der Waals surface area contributed by atoms with E-state index in [4.69, 9.17) is 4.74 Å². The zero-order chi connectivity index (χ0) is 35.5. The Bertz CT molecular complexity index is 2090. The first-order chi connectivity index (χ1) is 24.8. The maximum atomic E-state index is 14.2. The summed E-state index contributed by atoms with van der Waals surface area (Å²) in [5.41, 5.74) is 5.62. The Morgan fingerprint density at radius 3 is 1.86 bits per heavy atom. The van der Waals surface area contributed by atoms with Gasteiger partial charge < -0.3 is 14.9 Å². The molecule has 6 aromatic rings. The van der Waals surface area contributed by atoms with Gasteiger partial charge in [-0.05, 0) is 57.0 Å². The molecule has 1 amide bonds. The molecule has 2 unspecified atom stereocenters. The van der Waals surface area contributed by atoms with Crippen molar-refractivity contribution in [3.63, 3.8) is 0 Å². The topological polar surface area (TPSA) is 92.7 Å². The molecule has 3 atom stereocenters. The summed E-state index contributed by atoms with van der Waals surface area (Å²) >= 11 is 0. The molecule has 0 bridgehead atoms. The minimum absolute atomic E-state index is 0.0490. The number of ether oxygens (including phenoxy) is 1. The van der Waals surface area contributed by atoms with Gasteiger partial charge in [0, 0.05) is 18.7 Å². The van der Waals surface area contributed by atoms with Crippen molar-refractivity contribution < 1.29 is 23.8 Å². The molecule has 6 aromatic carbocycles. The number of hydrogen-bond donors (Lipinski definition) is 2. The highest BCUT2D eigenvalue weighted by atomic mass is 31.2. The fourth-order valence-electron chi connectivity index (χ4n) is 6.29. The number of carbonyl (C=O) groups excluding carboxylic acids is 2. The Balaban J connectivity index is 1.24. The SMILES string of the molecule is O=C(N[C@@H](Cc1ccc2ccccc2c1)C(=O)OCc1ccccc1)C(Cc1ccc(-c2ccccc2)cc1)CP(=O)(O)CCc1ccccc1. The van der Waals surface area contributed by atoms with Crippen molar-refractivity contribution in [1.82, 2.24) is 5.32 Å². The van der Waals surface area contributed by atoms with Gasteiger partial charge in [0.1, 0.15) is 12.6 Å². The van der Waals surface area contributed by atoms with Crippen molar-refractivity contribution >= 4 is 30.0 Å². The molecule has 0 fully saturated rings. The predicted molar refractivity (Wildman–Crippen MR) is 205 cm³/mol. The van der Waals surface area contributed by atoms with E-state index in [9.17, 15) is 19.0 Å². The lowest BCUT2D eigenvalue weighted by atomic mass is 9.96. The molecule has 0 saturated heterocycles. The summed E-state index contributed by atoms with van der Waals surface area (Å²) in [5, 5.41) is 5.05. The largest absolute Gasteiger partial charge is 0.459 e. The average molecular weight is 696 g/mol. The maximum absolute atomic E-state index is 14.2. The first-order valence-electron chi connectivity index (χ1n) is 17.3. The fourth-order valence-corrected chi connectivity index (χ4v) is 8.06. The number of rotatable bonds is 15. The quantitative estimate of drug-likeness (QED) is 0.0829. The standard InChI is InChI=1S/C44H42NO5P/c46-43(45-42(44(47)50-31-35-14-6-2-7-15-35)30-36-22-25-38-18-10-11-19-40(38)29-36)41(32-51(48,49)27-26-33-12-4-1-5-13-33)28-34-20-23-39(24-21-34)37-16-8-3-9-17-37/h1-25,29,41-42H,26-28,30-32H2,(H,45,46)(H,48,49)/t41?,42-/m0/s1. The molecule has 7 heteroatoms. The molecule has 0 saturated carbocycles. The molecule has 0 radical (unpaired) electrons. The summed E-state index contributed by atoms with van der Waals surface area (Å²) < 4.78 is 19.4. The summed E-state index contributed by atoms with van der Waals surface area (Å²) in [5.74, 6) is -1.89. The highest BCUT2D eigenvalue weighted by Crippen LogP contribution is 2.44. The summed E-state index contributed by atoms with van der Waals surface area (Å²) in [4.78, 5) is 39.1. The van der Waals surface area contributed by atoms with E-state index in [2.05, 4.69) is 5.32 Å². The smallest absolute Gasteiger partial charge is 0.329 e. The molecule has 0 aromatic heterocycles. The molecule has 6 nitrogen and oxygen atoms in total. The predicted octanol–water partition coefficient (Wildman–Crippen LogP) is 8.65. The van der Waals surface area contributed by atoms with Gasteiger partial charge in [-0.15, -0.1) is 0 Å². The Hall–Kier alpha value is -5.29. The lowest BCUT2D eigenvalue weighted by Crippen LogP contribution is -2.47. The lowest BCUT2D eigenvalue weighted by Gasteiger charge is -2.24. The number of benzene rings is 6. The Morgan fingerprint density at radius 1 is 0.608 bits per heavy atom. The number of esters is 1. The molecule has 0 heterocycles. The van der Waals surface area contributed by atoms with Crippen LogP contribution in [0, 0.1) is 5.92 Å². The van der Waals surface area contributed by atoms with Crippen molar-refractivity contribution in [3.8, 4) is 11.1 Å². The van der Waals surface area contributed by atoms with E-state index in [-0.39, 0.29) is 31.8 Å². The average Bonchev–Trinajstić information content (AvgIpc) is 3.17. The Labute approximate surface area is 299 Å². The highest BCUT2D eigenvalue weighted by molar-refractivity contribution is 7.58. The second-order valence-corrected chi connectivity index (χ2v) is 15.5. The van der Waals surface area contributed by atoms with E-state index in [1.807, 2.05) is 158 Å². The fraction of sp³-hybridized carbons (Fsp3) is 0.182. The summed E-state index contributed by atoms with van der Waals surface area (Å²) in [6, 6.07) is 49.8. The molecule has 6 rings (SSSR count).